The third-order valence-corrected chi connectivity index (χ3v) is 6.08. The Balaban J connectivity index is 2.84. The lowest BCUT2D eigenvalue weighted by atomic mass is 10.0. The molecule has 1 aromatic carbocycles. The van der Waals surface area contributed by atoms with Crippen LogP contribution in [0.1, 0.15) is 39.0 Å². The van der Waals surface area contributed by atoms with E-state index in [1.807, 2.05) is 6.92 Å². The van der Waals surface area contributed by atoms with Crippen LogP contribution in [0.3, 0.4) is 0 Å². The lowest BCUT2D eigenvalue weighted by Crippen LogP contribution is -2.61. The molecule has 0 bridgehead atoms. The molecule has 0 radical (unpaired) electrons. The molecule has 0 saturated heterocycles. The van der Waals surface area contributed by atoms with E-state index in [9.17, 15) is 47.9 Å². The zero-order valence-corrected chi connectivity index (χ0v) is 17.1. The normalized spacial score (nSPS) is 14.0. The van der Waals surface area contributed by atoms with Gasteiger partial charge in [0.05, 0.1) is 17.3 Å². The average molecular weight is 488 g/mol. The van der Waals surface area contributed by atoms with E-state index < -0.39 is 50.9 Å². The second-order valence-corrected chi connectivity index (χ2v) is 8.91. The second-order valence-electron chi connectivity index (χ2n) is 6.80. The van der Waals surface area contributed by atoms with Gasteiger partial charge in [-0.05, 0) is 30.7 Å². The highest BCUT2D eigenvalue weighted by Crippen LogP contribution is 2.54. The van der Waals surface area contributed by atoms with Crippen molar-refractivity contribution in [3.8, 4) is 5.75 Å². The van der Waals surface area contributed by atoms with Crippen molar-refractivity contribution in [2.45, 2.75) is 67.9 Å². The van der Waals surface area contributed by atoms with Gasteiger partial charge in [-0.15, -0.1) is 0 Å². The molecular weight excluding hydrogens is 467 g/mol. The highest BCUT2D eigenvalue weighted by atomic mass is 32.2. The number of halogens is 9. The third kappa shape index (κ3) is 6.42. The standard InChI is InChI=1S/C18H21F9O3S/c1-2-3-4-5-11-30-13-6-8-14(9-7-13)31(28,29)12-10-15(19,20)16(21,22)17(23,24)18(25,26)27/h6-9H,2-5,10-12H2,1H3. The van der Waals surface area contributed by atoms with Crippen molar-refractivity contribution in [1.29, 1.82) is 0 Å². The van der Waals surface area contributed by atoms with E-state index in [2.05, 4.69) is 0 Å². The average Bonchev–Trinajstić information content (AvgIpc) is 2.65. The Morgan fingerprint density at radius 3 is 1.84 bits per heavy atom. The molecule has 0 aliphatic carbocycles. The molecule has 0 spiro atoms. The molecule has 0 saturated carbocycles. The Morgan fingerprint density at radius 2 is 1.35 bits per heavy atom. The zero-order valence-electron chi connectivity index (χ0n) is 16.3. The Kier molecular flexibility index (Phi) is 8.71. The molecule has 0 atom stereocenters. The molecule has 0 aliphatic heterocycles. The van der Waals surface area contributed by atoms with Gasteiger partial charge in [-0.3, -0.25) is 0 Å². The maximum Gasteiger partial charge on any atom is 0.460 e. The fourth-order valence-corrected chi connectivity index (χ4v) is 3.72. The third-order valence-electron chi connectivity index (χ3n) is 4.34. The number of alkyl halides is 9. The molecule has 1 rings (SSSR count). The quantitative estimate of drug-likeness (QED) is 0.257. The molecular formula is C18H21F9O3S. The minimum absolute atomic E-state index is 0.247. The number of sulfone groups is 1. The predicted molar refractivity (Wildman–Crippen MR) is 93.6 cm³/mol. The minimum Gasteiger partial charge on any atom is -0.494 e. The number of unbranched alkanes of at least 4 members (excludes halogenated alkanes) is 3. The van der Waals surface area contributed by atoms with Crippen molar-refractivity contribution in [3.05, 3.63) is 24.3 Å². The number of rotatable bonds is 12. The summed E-state index contributed by atoms with van der Waals surface area (Å²) >= 11 is 0. The summed E-state index contributed by atoms with van der Waals surface area (Å²) in [6.07, 6.45) is -5.74. The first-order valence-electron chi connectivity index (χ1n) is 9.15. The molecule has 3 nitrogen and oxygen atoms in total. The fraction of sp³-hybridized carbons (Fsp3) is 0.667. The van der Waals surface area contributed by atoms with Crippen molar-refractivity contribution in [1.82, 2.24) is 0 Å². The van der Waals surface area contributed by atoms with E-state index >= 15 is 0 Å². The Hall–Kier alpha value is -1.66. The van der Waals surface area contributed by atoms with E-state index in [1.165, 1.54) is 12.1 Å². The predicted octanol–water partition coefficient (Wildman–Crippen LogP) is 6.28. The maximum absolute atomic E-state index is 13.6. The molecule has 13 heteroatoms. The van der Waals surface area contributed by atoms with E-state index in [0.717, 1.165) is 37.8 Å². The minimum atomic E-state index is -7.05. The summed E-state index contributed by atoms with van der Waals surface area (Å²) < 4.78 is 145. The molecule has 180 valence electrons. The van der Waals surface area contributed by atoms with Crippen LogP contribution in [0.5, 0.6) is 5.75 Å². The van der Waals surface area contributed by atoms with Crippen molar-refractivity contribution >= 4 is 9.84 Å². The highest BCUT2D eigenvalue weighted by molar-refractivity contribution is 7.91. The Morgan fingerprint density at radius 1 is 0.806 bits per heavy atom. The van der Waals surface area contributed by atoms with Gasteiger partial charge < -0.3 is 4.74 Å². The van der Waals surface area contributed by atoms with Crippen LogP contribution in [0.25, 0.3) is 0 Å². The zero-order chi connectivity index (χ0) is 24.1. The van der Waals surface area contributed by atoms with Crippen LogP contribution in [0.2, 0.25) is 0 Å². The van der Waals surface area contributed by atoms with Gasteiger partial charge in [0, 0.05) is 6.42 Å². The van der Waals surface area contributed by atoms with E-state index in [1.54, 1.807) is 0 Å². The van der Waals surface area contributed by atoms with Gasteiger partial charge in [-0.2, -0.15) is 39.5 Å². The largest absolute Gasteiger partial charge is 0.494 e. The van der Waals surface area contributed by atoms with Crippen LogP contribution in [0.15, 0.2) is 29.2 Å². The molecule has 0 aliphatic rings. The monoisotopic (exact) mass is 488 g/mol. The maximum atomic E-state index is 13.6. The van der Waals surface area contributed by atoms with Crippen LogP contribution >= 0.6 is 0 Å². The van der Waals surface area contributed by atoms with E-state index in [0.29, 0.717) is 6.61 Å². The highest BCUT2D eigenvalue weighted by Gasteiger charge is 2.81. The summed E-state index contributed by atoms with van der Waals surface area (Å²) in [7, 11) is -4.68. The molecule has 0 aromatic heterocycles. The Bertz CT molecular complexity index is 804. The van der Waals surface area contributed by atoms with Gasteiger partial charge in [0.1, 0.15) is 5.75 Å². The summed E-state index contributed by atoms with van der Waals surface area (Å²) in [5.41, 5.74) is 0. The van der Waals surface area contributed by atoms with Crippen molar-refractivity contribution in [2.24, 2.45) is 0 Å². The molecule has 0 amide bonds. The van der Waals surface area contributed by atoms with Crippen molar-refractivity contribution < 1.29 is 52.7 Å². The summed E-state index contributed by atoms with van der Waals surface area (Å²) in [5, 5.41) is 0. The van der Waals surface area contributed by atoms with Crippen LogP contribution < -0.4 is 4.74 Å². The Labute approximate surface area is 173 Å². The van der Waals surface area contributed by atoms with Gasteiger partial charge in [-0.1, -0.05) is 26.2 Å². The summed E-state index contributed by atoms with van der Waals surface area (Å²) in [6, 6.07) is 4.21. The molecule has 0 N–H and O–H groups in total. The molecule has 31 heavy (non-hydrogen) atoms. The number of benzene rings is 1. The topological polar surface area (TPSA) is 43.4 Å². The fourth-order valence-electron chi connectivity index (χ4n) is 2.41. The van der Waals surface area contributed by atoms with Crippen LogP contribution in [-0.4, -0.2) is 44.7 Å². The van der Waals surface area contributed by atoms with Crippen LogP contribution in [0, 0.1) is 0 Å². The van der Waals surface area contributed by atoms with Gasteiger partial charge in [-0.25, -0.2) is 8.42 Å². The lowest BCUT2D eigenvalue weighted by Gasteiger charge is -2.33. The number of ether oxygens (including phenoxy) is 1. The summed E-state index contributed by atoms with van der Waals surface area (Å²) in [6.45, 7) is 2.35. The molecule has 0 unspecified atom stereocenters. The molecule has 0 fully saturated rings. The summed E-state index contributed by atoms with van der Waals surface area (Å²) in [5.74, 6) is -21.4. The van der Waals surface area contributed by atoms with Gasteiger partial charge >= 0.3 is 23.9 Å². The smallest absolute Gasteiger partial charge is 0.460 e. The first kappa shape index (κ1) is 27.4. The number of hydrogen-bond donors (Lipinski definition) is 0. The first-order valence-corrected chi connectivity index (χ1v) is 10.8. The van der Waals surface area contributed by atoms with Gasteiger partial charge in [0.25, 0.3) is 0 Å². The van der Waals surface area contributed by atoms with Crippen molar-refractivity contribution in [2.75, 3.05) is 12.4 Å². The SMILES string of the molecule is CCCCCCOc1ccc(S(=O)(=O)CCC(F)(F)C(F)(F)C(F)(F)C(F)(F)F)cc1. The van der Waals surface area contributed by atoms with Crippen molar-refractivity contribution in [3.63, 3.8) is 0 Å². The van der Waals surface area contributed by atoms with E-state index in [-0.39, 0.29) is 5.75 Å². The summed E-state index contributed by atoms with van der Waals surface area (Å²) in [4.78, 5) is -0.604. The van der Waals surface area contributed by atoms with Crippen LogP contribution in [-0.2, 0) is 9.84 Å². The van der Waals surface area contributed by atoms with E-state index in [4.69, 9.17) is 4.74 Å². The molecule has 0 heterocycles. The number of hydrogen-bond acceptors (Lipinski definition) is 3. The van der Waals surface area contributed by atoms with Gasteiger partial charge in [0.15, 0.2) is 9.84 Å². The first-order chi connectivity index (χ1) is 14.0. The molecule has 1 aromatic rings. The van der Waals surface area contributed by atoms with Crippen LogP contribution in [0.4, 0.5) is 39.5 Å². The van der Waals surface area contributed by atoms with Gasteiger partial charge in [0.2, 0.25) is 0 Å². The lowest BCUT2D eigenvalue weighted by molar-refractivity contribution is -0.396. The second kappa shape index (κ2) is 9.86.